The van der Waals surface area contributed by atoms with Crippen molar-refractivity contribution in [3.63, 3.8) is 0 Å². The molecule has 6 heteroatoms. The highest BCUT2D eigenvalue weighted by atomic mass is 16.2. The van der Waals surface area contributed by atoms with E-state index >= 15 is 0 Å². The first kappa shape index (κ1) is 14.5. The average Bonchev–Trinajstić information content (AvgIpc) is 2.44. The first-order valence-corrected chi connectivity index (χ1v) is 6.32. The van der Waals surface area contributed by atoms with Gasteiger partial charge in [-0.15, -0.1) is 0 Å². The van der Waals surface area contributed by atoms with Gasteiger partial charge in [0.05, 0.1) is 6.54 Å². The van der Waals surface area contributed by atoms with Gasteiger partial charge in [-0.3, -0.25) is 19.1 Å². The number of amides is 1. The molecule has 0 aliphatic rings. The molecule has 21 heavy (non-hydrogen) atoms. The molecule has 0 fully saturated rings. The van der Waals surface area contributed by atoms with Crippen molar-refractivity contribution in [2.75, 3.05) is 0 Å². The minimum absolute atomic E-state index is 0.357. The van der Waals surface area contributed by atoms with Crippen LogP contribution in [0.15, 0.2) is 46.1 Å². The largest absolute Gasteiger partial charge is 0.366 e. The van der Waals surface area contributed by atoms with Gasteiger partial charge in [-0.25, -0.2) is 4.79 Å². The van der Waals surface area contributed by atoms with Crippen LogP contribution < -0.4 is 17.0 Å². The summed E-state index contributed by atoms with van der Waals surface area (Å²) in [5, 5.41) is 0. The number of benzene rings is 1. The lowest BCUT2D eigenvalue weighted by atomic mass is 10.1. The fourth-order valence-electron chi connectivity index (χ4n) is 1.85. The summed E-state index contributed by atoms with van der Waals surface area (Å²) in [5.74, 6) is -0.505. The Hall–Kier alpha value is -2.89. The third kappa shape index (κ3) is 3.79. The van der Waals surface area contributed by atoms with Gasteiger partial charge in [0, 0.05) is 17.8 Å². The van der Waals surface area contributed by atoms with Gasteiger partial charge in [-0.05, 0) is 24.1 Å². The number of rotatable bonds is 4. The Morgan fingerprint density at radius 1 is 1.29 bits per heavy atom. The van der Waals surface area contributed by atoms with Crippen molar-refractivity contribution in [1.29, 1.82) is 0 Å². The molecule has 0 unspecified atom stereocenters. The van der Waals surface area contributed by atoms with Crippen LogP contribution in [-0.2, 0) is 11.3 Å². The standard InChI is InChI=1S/C15H15N3O3/c1-10-8-18(15(21)17-14(10)20)9-12-4-2-11(3-5-12)6-7-13(16)19/h2-8H,9H2,1H3,(H2,16,19)(H,17,20,21)/b7-6+. The molecule has 0 radical (unpaired) electrons. The van der Waals surface area contributed by atoms with Gasteiger partial charge in [-0.1, -0.05) is 24.3 Å². The Balaban J connectivity index is 2.21. The summed E-state index contributed by atoms with van der Waals surface area (Å²) in [6, 6.07) is 7.32. The van der Waals surface area contributed by atoms with Crippen molar-refractivity contribution in [1.82, 2.24) is 9.55 Å². The number of aromatic amines is 1. The SMILES string of the molecule is Cc1cn(Cc2ccc(/C=C/C(N)=O)cc2)c(=O)[nH]c1=O. The predicted molar refractivity (Wildman–Crippen MR) is 79.8 cm³/mol. The van der Waals surface area contributed by atoms with Gasteiger partial charge in [0.1, 0.15) is 0 Å². The van der Waals surface area contributed by atoms with E-state index in [0.29, 0.717) is 12.1 Å². The molecule has 1 amide bonds. The number of nitrogens with zero attached hydrogens (tertiary/aromatic N) is 1. The maximum Gasteiger partial charge on any atom is 0.328 e. The number of H-pyrrole nitrogens is 1. The van der Waals surface area contributed by atoms with Crippen LogP contribution in [0.3, 0.4) is 0 Å². The lowest BCUT2D eigenvalue weighted by Gasteiger charge is -2.06. The third-order valence-electron chi connectivity index (χ3n) is 2.96. The van der Waals surface area contributed by atoms with Crippen LogP contribution in [-0.4, -0.2) is 15.5 Å². The molecule has 0 saturated carbocycles. The Kier molecular flexibility index (Phi) is 4.18. The van der Waals surface area contributed by atoms with Gasteiger partial charge < -0.3 is 5.73 Å². The molecule has 0 spiro atoms. The number of aryl methyl sites for hydroxylation is 1. The van der Waals surface area contributed by atoms with Crippen LogP contribution in [0, 0.1) is 6.92 Å². The fourth-order valence-corrected chi connectivity index (χ4v) is 1.85. The second kappa shape index (κ2) is 6.04. The number of aromatic nitrogens is 2. The molecule has 6 nitrogen and oxygen atoms in total. The van der Waals surface area contributed by atoms with Crippen molar-refractivity contribution in [3.8, 4) is 0 Å². The lowest BCUT2D eigenvalue weighted by molar-refractivity contribution is -0.113. The quantitative estimate of drug-likeness (QED) is 0.795. The third-order valence-corrected chi connectivity index (χ3v) is 2.96. The monoisotopic (exact) mass is 285 g/mol. The van der Waals surface area contributed by atoms with Crippen LogP contribution in [0.25, 0.3) is 6.08 Å². The molecule has 1 aromatic heterocycles. The normalized spacial score (nSPS) is 10.9. The number of hydrogen-bond donors (Lipinski definition) is 2. The summed E-state index contributed by atoms with van der Waals surface area (Å²) in [7, 11) is 0. The summed E-state index contributed by atoms with van der Waals surface area (Å²) < 4.78 is 1.44. The molecule has 2 rings (SSSR count). The zero-order valence-electron chi connectivity index (χ0n) is 11.5. The maximum atomic E-state index is 11.7. The lowest BCUT2D eigenvalue weighted by Crippen LogP contribution is -2.31. The van der Waals surface area contributed by atoms with E-state index in [0.717, 1.165) is 11.1 Å². The number of primary amides is 1. The van der Waals surface area contributed by atoms with E-state index < -0.39 is 11.6 Å². The zero-order chi connectivity index (χ0) is 15.4. The number of nitrogens with two attached hydrogens (primary N) is 1. The minimum atomic E-state index is -0.505. The number of carbonyl (C=O) groups excluding carboxylic acids is 1. The Bertz CT molecular complexity index is 798. The van der Waals surface area contributed by atoms with E-state index in [4.69, 9.17) is 5.73 Å². The minimum Gasteiger partial charge on any atom is -0.366 e. The van der Waals surface area contributed by atoms with Crippen LogP contribution in [0.1, 0.15) is 16.7 Å². The average molecular weight is 285 g/mol. The topological polar surface area (TPSA) is 97.9 Å². The van der Waals surface area contributed by atoms with E-state index in [1.807, 2.05) is 24.3 Å². The van der Waals surface area contributed by atoms with Crippen LogP contribution in [0.2, 0.25) is 0 Å². The maximum absolute atomic E-state index is 11.7. The van der Waals surface area contributed by atoms with Gasteiger partial charge in [0.15, 0.2) is 0 Å². The van der Waals surface area contributed by atoms with Crippen LogP contribution >= 0.6 is 0 Å². The molecule has 0 saturated heterocycles. The second-order valence-electron chi connectivity index (χ2n) is 4.68. The van der Waals surface area contributed by atoms with Gasteiger partial charge >= 0.3 is 5.69 Å². The second-order valence-corrected chi connectivity index (χ2v) is 4.68. The summed E-state index contributed by atoms with van der Waals surface area (Å²) in [5.41, 5.74) is 6.43. The van der Waals surface area contributed by atoms with E-state index in [-0.39, 0.29) is 5.56 Å². The summed E-state index contributed by atoms with van der Waals surface area (Å²) in [6.45, 7) is 2.00. The highest BCUT2D eigenvalue weighted by Gasteiger charge is 2.02. The van der Waals surface area contributed by atoms with E-state index in [1.54, 1.807) is 13.0 Å². The fraction of sp³-hybridized carbons (Fsp3) is 0.133. The van der Waals surface area contributed by atoms with Crippen molar-refractivity contribution in [2.45, 2.75) is 13.5 Å². The number of carbonyl (C=O) groups is 1. The van der Waals surface area contributed by atoms with Crippen molar-refractivity contribution < 1.29 is 4.79 Å². The number of nitrogens with one attached hydrogen (secondary N) is 1. The first-order chi connectivity index (χ1) is 9.95. The van der Waals surface area contributed by atoms with Gasteiger partial charge in [0.25, 0.3) is 5.56 Å². The Morgan fingerprint density at radius 3 is 2.57 bits per heavy atom. The molecular weight excluding hydrogens is 270 g/mol. The molecule has 1 aromatic carbocycles. The molecule has 3 N–H and O–H groups in total. The first-order valence-electron chi connectivity index (χ1n) is 6.32. The van der Waals surface area contributed by atoms with Crippen LogP contribution in [0.4, 0.5) is 0 Å². The smallest absolute Gasteiger partial charge is 0.328 e. The molecule has 0 aliphatic carbocycles. The summed E-state index contributed by atoms with van der Waals surface area (Å²) in [4.78, 5) is 35.9. The Labute approximate surface area is 120 Å². The molecule has 2 aromatic rings. The van der Waals surface area contributed by atoms with Gasteiger partial charge in [-0.2, -0.15) is 0 Å². The number of hydrogen-bond acceptors (Lipinski definition) is 3. The van der Waals surface area contributed by atoms with Crippen LogP contribution in [0.5, 0.6) is 0 Å². The van der Waals surface area contributed by atoms with Crippen molar-refractivity contribution >= 4 is 12.0 Å². The highest BCUT2D eigenvalue weighted by molar-refractivity contribution is 5.90. The summed E-state index contributed by atoms with van der Waals surface area (Å²) in [6.07, 6.45) is 4.43. The molecule has 1 heterocycles. The van der Waals surface area contributed by atoms with E-state index in [2.05, 4.69) is 4.98 Å². The molecule has 0 atom stereocenters. The van der Waals surface area contributed by atoms with Gasteiger partial charge in [0.2, 0.25) is 5.91 Å². The molecule has 0 aliphatic heterocycles. The van der Waals surface area contributed by atoms with E-state index in [9.17, 15) is 14.4 Å². The highest BCUT2D eigenvalue weighted by Crippen LogP contribution is 2.07. The predicted octanol–water partition coefficient (Wildman–Crippen LogP) is 0.392. The molecule has 0 bridgehead atoms. The Morgan fingerprint density at radius 2 is 1.95 bits per heavy atom. The summed E-state index contributed by atoms with van der Waals surface area (Å²) >= 11 is 0. The molecular formula is C15H15N3O3. The van der Waals surface area contributed by atoms with E-state index in [1.165, 1.54) is 16.8 Å². The zero-order valence-corrected chi connectivity index (χ0v) is 11.5. The van der Waals surface area contributed by atoms with Crippen molar-refractivity contribution in [2.24, 2.45) is 5.73 Å². The van der Waals surface area contributed by atoms with Crippen molar-refractivity contribution in [3.05, 3.63) is 74.1 Å². The molecule has 108 valence electrons.